The summed E-state index contributed by atoms with van der Waals surface area (Å²) < 4.78 is 23.0. The number of ether oxygens (including phenoxy) is 4. The average molecular weight is 440 g/mol. The lowest BCUT2D eigenvalue weighted by Crippen LogP contribution is -2.33. The second-order valence-electron chi connectivity index (χ2n) is 7.20. The van der Waals surface area contributed by atoms with Gasteiger partial charge < -0.3 is 18.9 Å². The molecule has 0 radical (unpaired) electrons. The molecule has 2 aromatic carbocycles. The van der Waals surface area contributed by atoms with Gasteiger partial charge >= 0.3 is 0 Å². The molecule has 170 valence electrons. The van der Waals surface area contributed by atoms with Crippen LogP contribution >= 0.6 is 0 Å². The topological polar surface area (TPSA) is 74.3 Å². The summed E-state index contributed by atoms with van der Waals surface area (Å²) in [6.45, 7) is 2.70. The number of carbonyl (C=O) groups excluding carboxylic acids is 2. The van der Waals surface area contributed by atoms with Crippen LogP contribution in [0.5, 0.6) is 0 Å². The van der Waals surface area contributed by atoms with Gasteiger partial charge in [0.05, 0.1) is 46.2 Å². The highest BCUT2D eigenvalue weighted by Gasteiger charge is 2.22. The van der Waals surface area contributed by atoms with Gasteiger partial charge in [-0.2, -0.15) is 0 Å². The minimum absolute atomic E-state index is 0.243. The van der Waals surface area contributed by atoms with Crippen molar-refractivity contribution in [1.82, 2.24) is 4.90 Å². The quantitative estimate of drug-likeness (QED) is 0.241. The van der Waals surface area contributed by atoms with Gasteiger partial charge in [-0.3, -0.25) is 14.5 Å². The first kappa shape index (κ1) is 23.8. The van der Waals surface area contributed by atoms with E-state index in [1.54, 1.807) is 0 Å². The van der Waals surface area contributed by atoms with E-state index < -0.39 is 6.29 Å². The van der Waals surface area contributed by atoms with Gasteiger partial charge in [-0.05, 0) is 11.1 Å². The second-order valence-corrected chi connectivity index (χ2v) is 7.20. The molecule has 7 nitrogen and oxygen atoms in total. The summed E-state index contributed by atoms with van der Waals surface area (Å²) in [6, 6.07) is 19.9. The van der Waals surface area contributed by atoms with Crippen LogP contribution in [0.3, 0.4) is 0 Å². The van der Waals surface area contributed by atoms with Gasteiger partial charge in [0.15, 0.2) is 6.29 Å². The number of benzene rings is 2. The smallest absolute Gasteiger partial charge is 0.253 e. The molecule has 0 unspecified atom stereocenters. The van der Waals surface area contributed by atoms with Crippen molar-refractivity contribution in [2.24, 2.45) is 0 Å². The van der Waals surface area contributed by atoms with Gasteiger partial charge in [-0.1, -0.05) is 60.7 Å². The number of imide groups is 1. The third kappa shape index (κ3) is 8.36. The Kier molecular flexibility index (Phi) is 10.1. The minimum Gasteiger partial charge on any atom is -0.379 e. The molecule has 0 spiro atoms. The van der Waals surface area contributed by atoms with Gasteiger partial charge in [-0.15, -0.1) is 0 Å². The molecular formula is C25H29NO6. The highest BCUT2D eigenvalue weighted by atomic mass is 16.7. The lowest BCUT2D eigenvalue weighted by atomic mass is 10.2. The van der Waals surface area contributed by atoms with Crippen molar-refractivity contribution in [2.45, 2.75) is 25.9 Å². The first-order valence-corrected chi connectivity index (χ1v) is 10.7. The fourth-order valence-corrected chi connectivity index (χ4v) is 3.05. The molecule has 0 saturated carbocycles. The van der Waals surface area contributed by atoms with E-state index in [0.29, 0.717) is 39.5 Å². The third-order valence-electron chi connectivity index (χ3n) is 4.79. The van der Waals surface area contributed by atoms with Crippen LogP contribution in [0.4, 0.5) is 0 Å². The Balaban J connectivity index is 1.31. The molecule has 3 rings (SSSR count). The largest absolute Gasteiger partial charge is 0.379 e. The number of carbonyl (C=O) groups is 2. The van der Waals surface area contributed by atoms with E-state index in [-0.39, 0.29) is 25.0 Å². The van der Waals surface area contributed by atoms with Crippen molar-refractivity contribution < 1.29 is 28.5 Å². The summed E-state index contributed by atoms with van der Waals surface area (Å²) in [7, 11) is 0. The first-order chi connectivity index (χ1) is 15.7. The molecule has 2 amide bonds. The van der Waals surface area contributed by atoms with Gasteiger partial charge in [0.1, 0.15) is 0 Å². The second kappa shape index (κ2) is 13.5. The lowest BCUT2D eigenvalue weighted by Gasteiger charge is -2.19. The van der Waals surface area contributed by atoms with Crippen molar-refractivity contribution in [2.75, 3.05) is 33.0 Å². The van der Waals surface area contributed by atoms with Crippen LogP contribution in [-0.4, -0.2) is 56.0 Å². The highest BCUT2D eigenvalue weighted by molar-refractivity contribution is 6.12. The van der Waals surface area contributed by atoms with E-state index in [4.69, 9.17) is 18.9 Å². The SMILES string of the molecule is O=C1C=CC(=O)N1CCOCCOCCC(OCc1ccccc1)OCc1ccccc1. The molecule has 0 bridgehead atoms. The highest BCUT2D eigenvalue weighted by Crippen LogP contribution is 2.11. The van der Waals surface area contributed by atoms with Crippen molar-refractivity contribution >= 4 is 11.8 Å². The van der Waals surface area contributed by atoms with Crippen LogP contribution in [0.1, 0.15) is 17.5 Å². The molecule has 1 aliphatic heterocycles. The number of hydrogen-bond donors (Lipinski definition) is 0. The predicted molar refractivity (Wildman–Crippen MR) is 118 cm³/mol. The minimum atomic E-state index is -0.393. The normalized spacial score (nSPS) is 13.5. The van der Waals surface area contributed by atoms with Crippen molar-refractivity contribution in [3.05, 3.63) is 83.9 Å². The summed E-state index contributed by atoms with van der Waals surface area (Å²) >= 11 is 0. The molecule has 1 heterocycles. The summed E-state index contributed by atoms with van der Waals surface area (Å²) in [6.07, 6.45) is 2.72. The van der Waals surface area contributed by atoms with Gasteiger partial charge in [0.2, 0.25) is 0 Å². The Bertz CT molecular complexity index is 794. The predicted octanol–water partition coefficient (Wildman–Crippen LogP) is 3.09. The van der Waals surface area contributed by atoms with Crippen LogP contribution in [0.15, 0.2) is 72.8 Å². The fraction of sp³-hybridized carbons (Fsp3) is 0.360. The van der Waals surface area contributed by atoms with E-state index in [0.717, 1.165) is 16.0 Å². The standard InChI is InChI=1S/C25H29NO6/c27-23-11-12-24(28)26(23)14-16-30-18-17-29-15-13-25(31-19-21-7-3-1-4-8-21)32-20-22-9-5-2-6-10-22/h1-12,25H,13-20H2. The van der Waals surface area contributed by atoms with E-state index in [2.05, 4.69) is 0 Å². The van der Waals surface area contributed by atoms with Gasteiger partial charge in [-0.25, -0.2) is 0 Å². The van der Waals surface area contributed by atoms with Crippen molar-refractivity contribution in [1.29, 1.82) is 0 Å². The number of nitrogens with zero attached hydrogens (tertiary/aromatic N) is 1. The molecule has 32 heavy (non-hydrogen) atoms. The summed E-state index contributed by atoms with van der Waals surface area (Å²) in [4.78, 5) is 24.1. The van der Waals surface area contributed by atoms with Crippen molar-refractivity contribution in [3.8, 4) is 0 Å². The van der Waals surface area contributed by atoms with Crippen LogP contribution in [0, 0.1) is 0 Å². The van der Waals surface area contributed by atoms with Gasteiger partial charge in [0, 0.05) is 18.6 Å². The Hall–Kier alpha value is -2.84. The number of hydrogen-bond acceptors (Lipinski definition) is 6. The first-order valence-electron chi connectivity index (χ1n) is 10.7. The maximum atomic E-state index is 11.5. The molecule has 0 fully saturated rings. The van der Waals surface area contributed by atoms with E-state index in [1.165, 1.54) is 12.2 Å². The maximum Gasteiger partial charge on any atom is 0.253 e. The fourth-order valence-electron chi connectivity index (χ4n) is 3.05. The molecule has 0 aromatic heterocycles. The molecular weight excluding hydrogens is 410 g/mol. The monoisotopic (exact) mass is 439 g/mol. The lowest BCUT2D eigenvalue weighted by molar-refractivity contribution is -0.166. The Morgan fingerprint density at radius 3 is 1.69 bits per heavy atom. The Labute approximate surface area is 188 Å². The maximum absolute atomic E-state index is 11.5. The van der Waals surface area contributed by atoms with Crippen LogP contribution in [0.2, 0.25) is 0 Å². The average Bonchev–Trinajstić information content (AvgIpc) is 3.15. The molecule has 1 aliphatic rings. The van der Waals surface area contributed by atoms with Gasteiger partial charge in [0.25, 0.3) is 11.8 Å². The zero-order valence-electron chi connectivity index (χ0n) is 18.1. The third-order valence-corrected chi connectivity index (χ3v) is 4.79. The van der Waals surface area contributed by atoms with Crippen LogP contribution in [-0.2, 0) is 41.8 Å². The number of amides is 2. The molecule has 0 aliphatic carbocycles. The van der Waals surface area contributed by atoms with Crippen LogP contribution < -0.4 is 0 Å². The summed E-state index contributed by atoms with van der Waals surface area (Å²) in [5, 5.41) is 0. The molecule has 7 heteroatoms. The molecule has 0 N–H and O–H groups in total. The molecule has 2 aromatic rings. The summed E-state index contributed by atoms with van der Waals surface area (Å²) in [5.74, 6) is -0.598. The van der Waals surface area contributed by atoms with E-state index in [1.807, 2.05) is 60.7 Å². The molecule has 0 saturated heterocycles. The summed E-state index contributed by atoms with van der Waals surface area (Å²) in [5.41, 5.74) is 2.17. The number of rotatable bonds is 15. The zero-order chi connectivity index (χ0) is 22.4. The van der Waals surface area contributed by atoms with E-state index >= 15 is 0 Å². The zero-order valence-corrected chi connectivity index (χ0v) is 18.1. The Morgan fingerprint density at radius 2 is 1.16 bits per heavy atom. The van der Waals surface area contributed by atoms with Crippen molar-refractivity contribution in [3.63, 3.8) is 0 Å². The van der Waals surface area contributed by atoms with E-state index in [9.17, 15) is 9.59 Å². The molecule has 0 atom stereocenters. The van der Waals surface area contributed by atoms with Crippen LogP contribution in [0.25, 0.3) is 0 Å². The Morgan fingerprint density at radius 1 is 0.656 bits per heavy atom.